The molecule has 0 aromatic heterocycles. The van der Waals surface area contributed by atoms with Gasteiger partial charge in [-0.15, -0.1) is 0 Å². The minimum atomic E-state index is 0.367. The van der Waals surface area contributed by atoms with Crippen LogP contribution in [0.2, 0.25) is 5.31 Å². The molecule has 28 valence electrons. The van der Waals surface area contributed by atoms with E-state index in [1.165, 1.54) is 0 Å². The summed E-state index contributed by atoms with van der Waals surface area (Å²) in [6.45, 7) is 3.53. The second-order valence-electron chi connectivity index (χ2n) is 0.312. The van der Waals surface area contributed by atoms with Crippen molar-refractivity contribution < 1.29 is 18.6 Å². The Bertz CT molecular complexity index is 17.2. The molecule has 0 amide bonds. The second kappa shape index (κ2) is 3.43. The normalized spacial score (nSPS) is 7.25. The first-order valence-electron chi connectivity index (χ1n) is 0.907. The van der Waals surface area contributed by atoms with E-state index in [1.807, 2.05) is 4.47 Å². The van der Waals surface area contributed by atoms with Gasteiger partial charge in [0.25, 0.3) is 0 Å². The topological polar surface area (TPSA) is 0 Å². The zero-order valence-electron chi connectivity index (χ0n) is 2.60. The van der Waals surface area contributed by atoms with Gasteiger partial charge in [0, 0.05) is 0 Å². The minimum absolute atomic E-state index is 0.367. The summed E-state index contributed by atoms with van der Waals surface area (Å²) in [5.41, 5.74) is 0. The first kappa shape index (κ1) is 4.43. The maximum absolute atomic E-state index is 3.53. The van der Waals surface area contributed by atoms with Crippen molar-refractivity contribution in [3.63, 3.8) is 0 Å². The predicted octanol–water partition coefficient (Wildman–Crippen LogP) is 1.26. The van der Waals surface area contributed by atoms with Gasteiger partial charge in [0.2, 0.25) is 0 Å². The molecule has 0 aliphatic heterocycles. The van der Waals surface area contributed by atoms with E-state index in [0.717, 1.165) is 0 Å². The molecule has 0 aliphatic rings. The summed E-state index contributed by atoms with van der Waals surface area (Å²) < 4.78 is 1.99. The van der Waals surface area contributed by atoms with Gasteiger partial charge in [0.1, 0.15) is 0 Å². The molecule has 0 atom stereocenters. The van der Waals surface area contributed by atoms with Crippen molar-refractivity contribution in [2.24, 2.45) is 0 Å². The molecular weight excluding hydrogens is 231 g/mol. The SMILES string of the molecule is C=[CH][Pt][CH3]. The maximum atomic E-state index is 3.53. The predicted molar refractivity (Wildman–Crippen MR) is 16.1 cm³/mol. The van der Waals surface area contributed by atoms with E-state index < -0.39 is 0 Å². The Labute approximate surface area is 35.4 Å². The standard InChI is InChI=1S/C2H3.CH3.Pt/c1-2;;/h1H,2H2;1H3;. The third-order valence-corrected chi connectivity index (χ3v) is 1.06. The quantitative estimate of drug-likeness (QED) is 0.644. The Balaban J connectivity index is 2.30. The third kappa shape index (κ3) is 2.43. The van der Waals surface area contributed by atoms with E-state index in [9.17, 15) is 0 Å². The summed E-state index contributed by atoms with van der Waals surface area (Å²) in [5, 5.41) is 2.17. The van der Waals surface area contributed by atoms with Crippen LogP contribution in [-0.2, 0) is 18.6 Å². The van der Waals surface area contributed by atoms with E-state index in [1.54, 1.807) is 0 Å². The van der Waals surface area contributed by atoms with Gasteiger partial charge in [0.05, 0.1) is 0 Å². The zero-order valence-corrected chi connectivity index (χ0v) is 4.87. The molecule has 0 rings (SSSR count). The number of hydrogen-bond acceptors (Lipinski definition) is 0. The van der Waals surface area contributed by atoms with Crippen molar-refractivity contribution in [1.82, 2.24) is 0 Å². The van der Waals surface area contributed by atoms with Crippen LogP contribution in [0.15, 0.2) is 11.0 Å². The Morgan fingerprint density at radius 2 is 2.25 bits per heavy atom. The Kier molecular flexibility index (Phi) is 3.80. The molecule has 0 N–H and O–H groups in total. The average Bonchev–Trinajstić information content (AvgIpc) is 1.37. The number of rotatable bonds is 1. The van der Waals surface area contributed by atoms with Crippen LogP contribution in [0.25, 0.3) is 0 Å². The van der Waals surface area contributed by atoms with Gasteiger partial charge in [-0.3, -0.25) is 0 Å². The fourth-order valence-corrected chi connectivity index (χ4v) is 0. The van der Waals surface area contributed by atoms with E-state index in [2.05, 4.69) is 11.9 Å². The van der Waals surface area contributed by atoms with E-state index in [0.29, 0.717) is 18.6 Å². The molecule has 1 heteroatoms. The molecule has 0 bridgehead atoms. The molecule has 0 spiro atoms. The molecule has 0 heterocycles. The molecule has 0 aromatic carbocycles. The van der Waals surface area contributed by atoms with Crippen LogP contribution >= 0.6 is 0 Å². The van der Waals surface area contributed by atoms with Crippen LogP contribution in [0, 0.1) is 0 Å². The van der Waals surface area contributed by atoms with Crippen LogP contribution in [-0.4, -0.2) is 0 Å². The zero-order chi connectivity index (χ0) is 3.41. The summed E-state index contributed by atoms with van der Waals surface area (Å²) in [5.74, 6) is 0. The Morgan fingerprint density at radius 3 is 2.25 bits per heavy atom. The van der Waals surface area contributed by atoms with Gasteiger partial charge in [0.15, 0.2) is 0 Å². The summed E-state index contributed by atoms with van der Waals surface area (Å²) in [4.78, 5) is 0. The monoisotopic (exact) mass is 237 g/mol. The Morgan fingerprint density at radius 1 is 2.00 bits per heavy atom. The van der Waals surface area contributed by atoms with Gasteiger partial charge >= 0.3 is 34.9 Å². The van der Waals surface area contributed by atoms with E-state index in [-0.39, 0.29) is 0 Å². The van der Waals surface area contributed by atoms with Gasteiger partial charge in [-0.2, -0.15) is 0 Å². The fourth-order valence-electron chi connectivity index (χ4n) is 0. The van der Waals surface area contributed by atoms with Crippen molar-refractivity contribution in [2.75, 3.05) is 0 Å². The van der Waals surface area contributed by atoms with Crippen molar-refractivity contribution in [3.05, 3.63) is 11.0 Å². The molecule has 0 radical (unpaired) electrons. The molecule has 4 heavy (non-hydrogen) atoms. The van der Waals surface area contributed by atoms with Gasteiger partial charge in [-0.05, 0) is 0 Å². The molecule has 0 aromatic rings. The van der Waals surface area contributed by atoms with Crippen LogP contribution in [0.1, 0.15) is 0 Å². The Hall–Kier alpha value is 0.428. The molecule has 0 aliphatic carbocycles. The molecule has 0 saturated heterocycles. The second-order valence-corrected chi connectivity index (χ2v) is 2.55. The fraction of sp³-hybridized carbons (Fsp3) is 0.333. The summed E-state index contributed by atoms with van der Waals surface area (Å²) in [6, 6.07) is 0. The van der Waals surface area contributed by atoms with Crippen LogP contribution in [0.5, 0.6) is 0 Å². The van der Waals surface area contributed by atoms with Crippen molar-refractivity contribution in [3.8, 4) is 0 Å². The van der Waals surface area contributed by atoms with Crippen molar-refractivity contribution >= 4 is 0 Å². The van der Waals surface area contributed by atoms with E-state index in [4.69, 9.17) is 0 Å². The molecule has 0 unspecified atom stereocenters. The molecule has 0 nitrogen and oxygen atoms in total. The first-order valence-corrected chi connectivity index (χ1v) is 4.49. The molecule has 0 saturated carbocycles. The summed E-state index contributed by atoms with van der Waals surface area (Å²) in [7, 11) is 0. The third-order valence-electron chi connectivity index (χ3n) is 0.129. The van der Waals surface area contributed by atoms with Crippen LogP contribution in [0.4, 0.5) is 0 Å². The van der Waals surface area contributed by atoms with Gasteiger partial charge in [-0.25, -0.2) is 0 Å². The van der Waals surface area contributed by atoms with Crippen LogP contribution < -0.4 is 0 Å². The van der Waals surface area contributed by atoms with Crippen LogP contribution in [0.3, 0.4) is 0 Å². The van der Waals surface area contributed by atoms with E-state index >= 15 is 0 Å². The van der Waals surface area contributed by atoms with Gasteiger partial charge in [-0.1, -0.05) is 0 Å². The summed E-state index contributed by atoms with van der Waals surface area (Å²) >= 11 is 0.367. The number of hydrogen-bond donors (Lipinski definition) is 0. The summed E-state index contributed by atoms with van der Waals surface area (Å²) in [6.07, 6.45) is 0. The van der Waals surface area contributed by atoms with Crippen molar-refractivity contribution in [1.29, 1.82) is 0 Å². The van der Waals surface area contributed by atoms with Gasteiger partial charge < -0.3 is 0 Å². The molecule has 0 fully saturated rings. The first-order chi connectivity index (χ1) is 1.91. The average molecular weight is 237 g/mol. The molecular formula is C3H6Pt. The van der Waals surface area contributed by atoms with Crippen molar-refractivity contribution in [2.45, 2.75) is 5.31 Å².